The van der Waals surface area contributed by atoms with Crippen molar-refractivity contribution in [3.05, 3.63) is 11.6 Å². The molecule has 2 saturated carbocycles. The van der Waals surface area contributed by atoms with Gasteiger partial charge in [-0.1, -0.05) is 38.8 Å². The number of carboxylic acid groups (broad SMARTS) is 1. The Morgan fingerprint density at radius 2 is 1.86 bits per heavy atom. The third-order valence-corrected chi connectivity index (χ3v) is 7.19. The van der Waals surface area contributed by atoms with Gasteiger partial charge in [-0.25, -0.2) is 0 Å². The summed E-state index contributed by atoms with van der Waals surface area (Å²) in [5.74, 6) is 0.781. The van der Waals surface area contributed by atoms with Crippen LogP contribution >= 0.6 is 0 Å². The molecule has 2 heteroatoms. The van der Waals surface area contributed by atoms with E-state index in [-0.39, 0.29) is 0 Å². The van der Waals surface area contributed by atoms with Gasteiger partial charge in [-0.15, -0.1) is 0 Å². The first-order valence-electron chi connectivity index (χ1n) is 8.64. The predicted molar refractivity (Wildman–Crippen MR) is 85.0 cm³/mol. The minimum atomic E-state index is -0.648. The normalized spacial score (nSPS) is 45.2. The molecule has 1 N–H and O–H groups in total. The highest BCUT2D eigenvalue weighted by atomic mass is 16.4. The van der Waals surface area contributed by atoms with Crippen molar-refractivity contribution in [3.8, 4) is 0 Å². The second kappa shape index (κ2) is 4.60. The van der Waals surface area contributed by atoms with Crippen LogP contribution in [0.25, 0.3) is 0 Å². The van der Waals surface area contributed by atoms with Crippen molar-refractivity contribution in [1.29, 1.82) is 0 Å². The summed E-state index contributed by atoms with van der Waals surface area (Å²) in [6.07, 6.45) is 10.4. The molecule has 0 bridgehead atoms. The lowest BCUT2D eigenvalue weighted by Gasteiger charge is -2.59. The fourth-order valence-electron chi connectivity index (χ4n) is 5.99. The van der Waals surface area contributed by atoms with Gasteiger partial charge in [0.1, 0.15) is 0 Å². The third kappa shape index (κ3) is 2.17. The molecule has 0 aliphatic heterocycles. The molecular weight excluding hydrogens is 260 g/mol. The van der Waals surface area contributed by atoms with E-state index in [2.05, 4.69) is 26.8 Å². The summed E-state index contributed by atoms with van der Waals surface area (Å²) in [4.78, 5) is 11.6. The maximum atomic E-state index is 11.6. The molecule has 0 saturated heterocycles. The lowest BCUT2D eigenvalue weighted by molar-refractivity contribution is -0.146. The average molecular weight is 290 g/mol. The Morgan fingerprint density at radius 1 is 1.14 bits per heavy atom. The summed E-state index contributed by atoms with van der Waals surface area (Å²) in [5.41, 5.74) is 1.68. The maximum Gasteiger partial charge on any atom is 0.313 e. The van der Waals surface area contributed by atoms with Crippen LogP contribution < -0.4 is 0 Å². The van der Waals surface area contributed by atoms with E-state index in [1.807, 2.05) is 6.92 Å². The van der Waals surface area contributed by atoms with E-state index in [0.29, 0.717) is 16.7 Å². The molecule has 0 radical (unpaired) electrons. The van der Waals surface area contributed by atoms with Crippen molar-refractivity contribution in [2.45, 2.75) is 72.6 Å². The highest BCUT2D eigenvalue weighted by Gasteiger charge is 2.54. The van der Waals surface area contributed by atoms with Gasteiger partial charge in [-0.2, -0.15) is 0 Å². The summed E-state index contributed by atoms with van der Waals surface area (Å²) >= 11 is 0. The van der Waals surface area contributed by atoms with Crippen LogP contribution in [0.4, 0.5) is 0 Å². The number of hydrogen-bond acceptors (Lipinski definition) is 1. The van der Waals surface area contributed by atoms with E-state index >= 15 is 0 Å². The maximum absolute atomic E-state index is 11.6. The van der Waals surface area contributed by atoms with Crippen molar-refractivity contribution >= 4 is 5.97 Å². The number of hydrogen-bond donors (Lipinski definition) is 1. The van der Waals surface area contributed by atoms with E-state index in [9.17, 15) is 9.90 Å². The molecule has 3 rings (SSSR count). The van der Waals surface area contributed by atoms with Crippen molar-refractivity contribution < 1.29 is 9.90 Å². The molecule has 0 amide bonds. The number of carbonyl (C=O) groups is 1. The van der Waals surface area contributed by atoms with Crippen LogP contribution in [0.5, 0.6) is 0 Å². The van der Waals surface area contributed by atoms with Crippen LogP contribution in [0.15, 0.2) is 11.6 Å². The molecule has 3 aliphatic carbocycles. The standard InChI is InChI=1S/C19H30O2/c1-17(2)9-5-10-19(4)14-8-11-18(3,16(20)21)12-13(14)6-7-15(17)19/h12,14-15H,5-11H2,1-4H3,(H,20,21)/t14-,15?,18+,19+/m0/s1. The Labute approximate surface area is 129 Å². The molecule has 0 aromatic rings. The van der Waals surface area contributed by atoms with Crippen LogP contribution in [0, 0.1) is 28.1 Å². The molecule has 0 heterocycles. The highest BCUT2D eigenvalue weighted by molar-refractivity contribution is 5.77. The highest BCUT2D eigenvalue weighted by Crippen LogP contribution is 2.63. The van der Waals surface area contributed by atoms with Gasteiger partial charge in [-0.05, 0) is 68.1 Å². The first-order valence-corrected chi connectivity index (χ1v) is 8.64. The molecular formula is C19H30O2. The Hall–Kier alpha value is -0.790. The second-order valence-electron chi connectivity index (χ2n) is 8.97. The number of carboxylic acids is 1. The van der Waals surface area contributed by atoms with Crippen LogP contribution in [0.2, 0.25) is 0 Å². The molecule has 2 nitrogen and oxygen atoms in total. The molecule has 0 spiro atoms. The van der Waals surface area contributed by atoms with Gasteiger partial charge in [0.25, 0.3) is 0 Å². The lowest BCUT2D eigenvalue weighted by Crippen LogP contribution is -2.51. The summed E-state index contributed by atoms with van der Waals surface area (Å²) in [6, 6.07) is 0. The van der Waals surface area contributed by atoms with E-state index in [1.54, 1.807) is 0 Å². The van der Waals surface area contributed by atoms with Crippen LogP contribution in [0.1, 0.15) is 72.6 Å². The van der Waals surface area contributed by atoms with Crippen molar-refractivity contribution in [2.24, 2.45) is 28.1 Å². The fraction of sp³-hybridized carbons (Fsp3) is 0.842. The topological polar surface area (TPSA) is 37.3 Å². The van der Waals surface area contributed by atoms with Crippen molar-refractivity contribution in [1.82, 2.24) is 0 Å². The smallest absolute Gasteiger partial charge is 0.313 e. The predicted octanol–water partition coefficient (Wildman–Crippen LogP) is 5.04. The van der Waals surface area contributed by atoms with Gasteiger partial charge < -0.3 is 5.11 Å². The quantitative estimate of drug-likeness (QED) is 0.687. The number of allylic oxidation sites excluding steroid dienone is 1. The van der Waals surface area contributed by atoms with Gasteiger partial charge in [0, 0.05) is 0 Å². The monoisotopic (exact) mass is 290 g/mol. The number of rotatable bonds is 1. The Bertz CT molecular complexity index is 490. The second-order valence-corrected chi connectivity index (χ2v) is 8.97. The van der Waals surface area contributed by atoms with Crippen LogP contribution in [0.3, 0.4) is 0 Å². The Morgan fingerprint density at radius 3 is 2.52 bits per heavy atom. The molecule has 0 aromatic heterocycles. The molecule has 4 atom stereocenters. The van der Waals surface area contributed by atoms with Gasteiger partial charge >= 0.3 is 5.97 Å². The molecule has 3 aliphatic rings. The molecule has 21 heavy (non-hydrogen) atoms. The Balaban J connectivity index is 1.96. The largest absolute Gasteiger partial charge is 0.481 e. The lowest BCUT2D eigenvalue weighted by atomic mass is 9.45. The van der Waals surface area contributed by atoms with E-state index in [4.69, 9.17) is 0 Å². The van der Waals surface area contributed by atoms with Crippen LogP contribution in [-0.4, -0.2) is 11.1 Å². The Kier molecular flexibility index (Phi) is 3.31. The van der Waals surface area contributed by atoms with E-state index < -0.39 is 11.4 Å². The van der Waals surface area contributed by atoms with Gasteiger partial charge in [0.15, 0.2) is 0 Å². The first-order chi connectivity index (χ1) is 9.69. The minimum absolute atomic E-state index is 0.395. The molecule has 118 valence electrons. The van der Waals surface area contributed by atoms with Gasteiger partial charge in [0.2, 0.25) is 0 Å². The summed E-state index contributed by atoms with van der Waals surface area (Å²) in [6.45, 7) is 9.30. The van der Waals surface area contributed by atoms with Crippen molar-refractivity contribution in [2.75, 3.05) is 0 Å². The number of aliphatic carboxylic acids is 1. The first kappa shape index (κ1) is 15.1. The zero-order chi connectivity index (χ0) is 15.5. The van der Waals surface area contributed by atoms with Crippen molar-refractivity contribution in [3.63, 3.8) is 0 Å². The molecule has 2 fully saturated rings. The summed E-state index contributed by atoms with van der Waals surface area (Å²) < 4.78 is 0. The van der Waals surface area contributed by atoms with E-state index in [0.717, 1.165) is 25.2 Å². The molecule has 1 unspecified atom stereocenters. The fourth-order valence-corrected chi connectivity index (χ4v) is 5.99. The zero-order valence-electron chi connectivity index (χ0n) is 14.0. The number of fused-ring (bicyclic) bond motifs is 3. The van der Waals surface area contributed by atoms with Crippen LogP contribution in [-0.2, 0) is 4.79 Å². The SMILES string of the molecule is CC1(C)CCC[C@@]2(C)C1CCC1=C[C@](C)(C(=O)O)CC[C@@H]12. The van der Waals surface area contributed by atoms with Gasteiger partial charge in [0.05, 0.1) is 5.41 Å². The van der Waals surface area contributed by atoms with E-state index in [1.165, 1.54) is 31.3 Å². The minimum Gasteiger partial charge on any atom is -0.481 e. The van der Waals surface area contributed by atoms with Gasteiger partial charge in [-0.3, -0.25) is 4.79 Å². The summed E-state index contributed by atoms with van der Waals surface area (Å²) in [7, 11) is 0. The third-order valence-electron chi connectivity index (χ3n) is 7.19. The average Bonchev–Trinajstić information content (AvgIpc) is 2.37. The summed E-state index contributed by atoms with van der Waals surface area (Å²) in [5, 5.41) is 9.52. The molecule has 0 aromatic carbocycles. The zero-order valence-corrected chi connectivity index (χ0v) is 14.0.